The van der Waals surface area contributed by atoms with Gasteiger partial charge in [-0.25, -0.2) is 4.98 Å². The summed E-state index contributed by atoms with van der Waals surface area (Å²) in [6.45, 7) is 9.37. The van der Waals surface area contributed by atoms with Gasteiger partial charge in [-0.15, -0.1) is 0 Å². The van der Waals surface area contributed by atoms with Gasteiger partial charge in [0.05, 0.1) is 11.3 Å². The molecule has 1 amide bonds. The van der Waals surface area contributed by atoms with E-state index < -0.39 is 0 Å². The Balaban J connectivity index is 1.79. The van der Waals surface area contributed by atoms with Gasteiger partial charge in [-0.3, -0.25) is 4.79 Å². The first-order valence-electron chi connectivity index (χ1n) is 8.77. The number of hydrogen-bond acceptors (Lipinski definition) is 3. The molecule has 3 nitrogen and oxygen atoms in total. The molecule has 1 atom stereocenters. The Morgan fingerprint density at radius 2 is 1.96 bits per heavy atom. The third-order valence-electron chi connectivity index (χ3n) is 5.00. The van der Waals surface area contributed by atoms with E-state index in [4.69, 9.17) is 4.98 Å². The van der Waals surface area contributed by atoms with Gasteiger partial charge in [0.1, 0.15) is 5.03 Å². The smallest absolute Gasteiger partial charge is 0.233 e. The number of fused-ring (bicyclic) bond motifs is 1. The Morgan fingerprint density at radius 1 is 1.21 bits per heavy atom. The van der Waals surface area contributed by atoms with Crippen molar-refractivity contribution in [1.29, 1.82) is 0 Å². The molecule has 0 saturated carbocycles. The number of aromatic nitrogens is 1. The molecule has 2 aromatic rings. The highest BCUT2D eigenvalue weighted by atomic mass is 32.2. The Morgan fingerprint density at radius 3 is 2.71 bits per heavy atom. The zero-order valence-electron chi connectivity index (χ0n) is 15.1. The topological polar surface area (TPSA) is 33.2 Å². The zero-order valence-corrected chi connectivity index (χ0v) is 15.9. The number of thioether (sulfide) groups is 1. The van der Waals surface area contributed by atoms with Crippen LogP contribution in [0.15, 0.2) is 23.2 Å². The summed E-state index contributed by atoms with van der Waals surface area (Å²) >= 11 is 1.58. The molecule has 0 N–H and O–H groups in total. The van der Waals surface area contributed by atoms with Crippen LogP contribution in [-0.4, -0.2) is 34.1 Å². The molecule has 3 rings (SSSR count). The number of amides is 1. The van der Waals surface area contributed by atoms with E-state index in [0.717, 1.165) is 35.5 Å². The van der Waals surface area contributed by atoms with E-state index in [1.807, 2.05) is 4.90 Å². The molecule has 0 unspecified atom stereocenters. The first kappa shape index (κ1) is 17.3. The van der Waals surface area contributed by atoms with Gasteiger partial charge in [-0.2, -0.15) is 0 Å². The second-order valence-corrected chi connectivity index (χ2v) is 7.89. The molecule has 1 saturated heterocycles. The lowest BCUT2D eigenvalue weighted by Crippen LogP contribution is -2.42. The van der Waals surface area contributed by atoms with E-state index in [1.165, 1.54) is 22.9 Å². The average Bonchev–Trinajstić information content (AvgIpc) is 2.57. The maximum absolute atomic E-state index is 12.6. The quantitative estimate of drug-likeness (QED) is 0.761. The lowest BCUT2D eigenvalue weighted by atomic mass is 10.0. The van der Waals surface area contributed by atoms with Crippen molar-refractivity contribution in [2.75, 3.05) is 12.3 Å². The molecule has 1 aliphatic rings. The molecule has 24 heavy (non-hydrogen) atoms. The van der Waals surface area contributed by atoms with Gasteiger partial charge >= 0.3 is 0 Å². The van der Waals surface area contributed by atoms with E-state index in [9.17, 15) is 4.79 Å². The van der Waals surface area contributed by atoms with Crippen LogP contribution in [0.25, 0.3) is 10.9 Å². The minimum atomic E-state index is 0.245. The van der Waals surface area contributed by atoms with Crippen LogP contribution in [0.2, 0.25) is 0 Å². The Bertz CT molecular complexity index is 772. The largest absolute Gasteiger partial charge is 0.339 e. The van der Waals surface area contributed by atoms with Crippen molar-refractivity contribution in [3.8, 4) is 0 Å². The van der Waals surface area contributed by atoms with Gasteiger partial charge in [0.15, 0.2) is 0 Å². The molecule has 0 aliphatic carbocycles. The summed E-state index contributed by atoms with van der Waals surface area (Å²) in [5, 5.41) is 2.20. The van der Waals surface area contributed by atoms with Gasteiger partial charge in [-0.05, 0) is 69.7 Å². The van der Waals surface area contributed by atoms with Crippen LogP contribution in [0.1, 0.15) is 42.9 Å². The monoisotopic (exact) mass is 342 g/mol. The predicted molar refractivity (Wildman–Crippen MR) is 102 cm³/mol. The van der Waals surface area contributed by atoms with Crippen molar-refractivity contribution in [3.63, 3.8) is 0 Å². The molecule has 1 aromatic carbocycles. The Kier molecular flexibility index (Phi) is 5.14. The lowest BCUT2D eigenvalue weighted by molar-refractivity contribution is -0.131. The molecular formula is C20H26N2OS. The summed E-state index contributed by atoms with van der Waals surface area (Å²) < 4.78 is 0. The number of piperidine rings is 1. The molecule has 1 aromatic heterocycles. The van der Waals surface area contributed by atoms with Gasteiger partial charge in [0, 0.05) is 18.0 Å². The highest BCUT2D eigenvalue weighted by Gasteiger charge is 2.23. The van der Waals surface area contributed by atoms with Crippen molar-refractivity contribution >= 4 is 28.6 Å². The minimum Gasteiger partial charge on any atom is -0.339 e. The van der Waals surface area contributed by atoms with E-state index in [2.05, 4.69) is 45.9 Å². The van der Waals surface area contributed by atoms with E-state index in [0.29, 0.717) is 11.8 Å². The second kappa shape index (κ2) is 7.14. The number of aryl methyl sites for hydroxylation is 3. The van der Waals surface area contributed by atoms with Gasteiger partial charge in [0.2, 0.25) is 5.91 Å². The highest BCUT2D eigenvalue weighted by molar-refractivity contribution is 7.99. The van der Waals surface area contributed by atoms with Crippen molar-refractivity contribution in [3.05, 3.63) is 34.9 Å². The highest BCUT2D eigenvalue weighted by Crippen LogP contribution is 2.28. The maximum atomic E-state index is 12.6. The van der Waals surface area contributed by atoms with Crippen LogP contribution in [0, 0.1) is 20.8 Å². The summed E-state index contributed by atoms with van der Waals surface area (Å²) in [5.41, 5.74) is 4.65. The van der Waals surface area contributed by atoms with Crippen molar-refractivity contribution in [2.45, 2.75) is 58.0 Å². The summed E-state index contributed by atoms with van der Waals surface area (Å²) in [7, 11) is 0. The molecule has 0 radical (unpaired) electrons. The van der Waals surface area contributed by atoms with Crippen LogP contribution < -0.4 is 0 Å². The fourth-order valence-electron chi connectivity index (χ4n) is 3.44. The number of carbonyl (C=O) groups excluding carboxylic acids is 1. The SMILES string of the molecule is Cc1cc2c(C)ccc(C)c2nc1SCC(=O)N1CCCC[C@H]1C. The molecule has 0 bridgehead atoms. The van der Waals surface area contributed by atoms with Crippen molar-refractivity contribution < 1.29 is 4.79 Å². The van der Waals surface area contributed by atoms with Gasteiger partial charge in [0.25, 0.3) is 0 Å². The number of hydrogen-bond donors (Lipinski definition) is 0. The number of nitrogens with zero attached hydrogens (tertiary/aromatic N) is 2. The van der Waals surface area contributed by atoms with Crippen molar-refractivity contribution in [1.82, 2.24) is 9.88 Å². The second-order valence-electron chi connectivity index (χ2n) is 6.93. The number of carbonyl (C=O) groups is 1. The average molecular weight is 343 g/mol. The Labute approximate surface area is 148 Å². The number of rotatable bonds is 3. The molecule has 128 valence electrons. The maximum Gasteiger partial charge on any atom is 0.233 e. The number of pyridine rings is 1. The predicted octanol–water partition coefficient (Wildman–Crippen LogP) is 4.65. The Hall–Kier alpha value is -1.55. The normalized spacial score (nSPS) is 18.2. The minimum absolute atomic E-state index is 0.245. The molecular weight excluding hydrogens is 316 g/mol. The summed E-state index contributed by atoms with van der Waals surface area (Å²) in [6.07, 6.45) is 3.50. The van der Waals surface area contributed by atoms with E-state index in [1.54, 1.807) is 11.8 Å². The first-order valence-corrected chi connectivity index (χ1v) is 9.75. The van der Waals surface area contributed by atoms with E-state index in [-0.39, 0.29) is 5.91 Å². The summed E-state index contributed by atoms with van der Waals surface area (Å²) in [4.78, 5) is 19.5. The van der Waals surface area contributed by atoms with Crippen LogP contribution >= 0.6 is 11.8 Å². The van der Waals surface area contributed by atoms with Crippen LogP contribution in [0.3, 0.4) is 0 Å². The van der Waals surface area contributed by atoms with Crippen LogP contribution in [0.5, 0.6) is 0 Å². The molecule has 0 spiro atoms. The standard InChI is InChI=1S/C20H26N2OS/c1-13-8-9-14(2)19-17(13)11-15(3)20(21-19)24-12-18(23)22-10-6-5-7-16(22)4/h8-9,11,16H,5-7,10,12H2,1-4H3/t16-/m1/s1. The third-order valence-corrected chi connectivity index (χ3v) is 6.08. The lowest BCUT2D eigenvalue weighted by Gasteiger charge is -2.33. The molecule has 4 heteroatoms. The van der Waals surface area contributed by atoms with Gasteiger partial charge < -0.3 is 4.90 Å². The van der Waals surface area contributed by atoms with Gasteiger partial charge in [-0.1, -0.05) is 23.9 Å². The fraction of sp³-hybridized carbons (Fsp3) is 0.500. The molecule has 1 aliphatic heterocycles. The first-order chi connectivity index (χ1) is 11.5. The third kappa shape index (κ3) is 3.44. The summed E-state index contributed by atoms with van der Waals surface area (Å²) in [5.74, 6) is 0.726. The fourth-order valence-corrected chi connectivity index (χ4v) is 4.31. The number of likely N-dealkylation sites (tertiary alicyclic amines) is 1. The molecule has 1 fully saturated rings. The zero-order chi connectivity index (χ0) is 17.3. The van der Waals surface area contributed by atoms with Crippen LogP contribution in [0.4, 0.5) is 0 Å². The molecule has 2 heterocycles. The summed E-state index contributed by atoms with van der Waals surface area (Å²) in [6, 6.07) is 6.85. The van der Waals surface area contributed by atoms with Crippen molar-refractivity contribution in [2.24, 2.45) is 0 Å². The van der Waals surface area contributed by atoms with Crippen LogP contribution in [-0.2, 0) is 4.79 Å². The number of benzene rings is 1. The van der Waals surface area contributed by atoms with E-state index >= 15 is 0 Å².